The van der Waals surface area contributed by atoms with Crippen molar-refractivity contribution in [2.24, 2.45) is 0 Å². The second-order valence-corrected chi connectivity index (χ2v) is 4.66. The van der Waals surface area contributed by atoms with Gasteiger partial charge >= 0.3 is 0 Å². The highest BCUT2D eigenvalue weighted by Gasteiger charge is 2.09. The molecule has 1 aromatic carbocycles. The molecule has 0 saturated heterocycles. The maximum Gasteiger partial charge on any atom is 0.154 e. The van der Waals surface area contributed by atoms with E-state index in [0.717, 1.165) is 28.3 Å². The van der Waals surface area contributed by atoms with Crippen LogP contribution in [-0.4, -0.2) is 14.6 Å². The minimum absolute atomic E-state index is 0.707. The monoisotopic (exact) mass is 257 g/mol. The van der Waals surface area contributed by atoms with Gasteiger partial charge in [0, 0.05) is 5.56 Å². The molecule has 0 fully saturated rings. The summed E-state index contributed by atoms with van der Waals surface area (Å²) in [6, 6.07) is 11.6. The predicted octanol–water partition coefficient (Wildman–Crippen LogP) is 3.67. The van der Waals surface area contributed by atoms with Crippen LogP contribution in [0.4, 0.5) is 0 Å². The highest BCUT2D eigenvalue weighted by Crippen LogP contribution is 2.26. The number of aryl methyl sites for hydroxylation is 2. The second-order valence-electron chi connectivity index (χ2n) is 4.25. The fourth-order valence-corrected chi connectivity index (χ4v) is 2.20. The Morgan fingerprint density at radius 1 is 1.06 bits per heavy atom. The van der Waals surface area contributed by atoms with E-state index in [0.29, 0.717) is 5.02 Å². The number of fused-ring (bicyclic) bond motifs is 1. The van der Waals surface area contributed by atoms with Crippen LogP contribution in [0.5, 0.6) is 0 Å². The number of hydrogen-bond donors (Lipinski definition) is 0. The lowest BCUT2D eigenvalue weighted by Gasteiger charge is -2.04. The maximum atomic E-state index is 6.19. The number of hydrogen-bond acceptors (Lipinski definition) is 2. The van der Waals surface area contributed by atoms with E-state index in [1.807, 2.05) is 54.8 Å². The van der Waals surface area contributed by atoms with Crippen molar-refractivity contribution in [1.82, 2.24) is 14.6 Å². The Morgan fingerprint density at radius 2 is 1.83 bits per heavy atom. The molecular weight excluding hydrogens is 246 g/mol. The highest BCUT2D eigenvalue weighted by molar-refractivity contribution is 6.33. The zero-order valence-corrected chi connectivity index (χ0v) is 10.9. The van der Waals surface area contributed by atoms with Crippen molar-refractivity contribution in [2.45, 2.75) is 13.8 Å². The second kappa shape index (κ2) is 4.10. The van der Waals surface area contributed by atoms with Crippen LogP contribution < -0.4 is 0 Å². The first-order chi connectivity index (χ1) is 8.66. The summed E-state index contributed by atoms with van der Waals surface area (Å²) in [5.41, 5.74) is 4.71. The van der Waals surface area contributed by atoms with Crippen LogP contribution >= 0.6 is 11.6 Å². The van der Waals surface area contributed by atoms with E-state index in [1.165, 1.54) is 0 Å². The summed E-state index contributed by atoms with van der Waals surface area (Å²) in [7, 11) is 0. The van der Waals surface area contributed by atoms with Gasteiger partial charge in [0.15, 0.2) is 5.65 Å². The van der Waals surface area contributed by atoms with E-state index in [1.54, 1.807) is 0 Å². The average molecular weight is 258 g/mol. The standard InChI is InChI=1S/C14H12ClN3/c1-9-10(2)18-14(16-9)8-7-13(17-18)11-5-3-4-6-12(11)15/h3-8H,1-2H3. The van der Waals surface area contributed by atoms with E-state index in [2.05, 4.69) is 10.1 Å². The zero-order chi connectivity index (χ0) is 12.7. The Bertz CT molecular complexity index is 731. The van der Waals surface area contributed by atoms with Crippen LogP contribution in [0.1, 0.15) is 11.4 Å². The Hall–Kier alpha value is -1.87. The van der Waals surface area contributed by atoms with Gasteiger partial charge in [-0.25, -0.2) is 9.50 Å². The average Bonchev–Trinajstić information content (AvgIpc) is 2.66. The fourth-order valence-electron chi connectivity index (χ4n) is 1.97. The summed E-state index contributed by atoms with van der Waals surface area (Å²) in [6.45, 7) is 4.00. The molecule has 0 amide bonds. The number of aromatic nitrogens is 3. The van der Waals surface area contributed by atoms with Crippen LogP contribution in [0, 0.1) is 13.8 Å². The van der Waals surface area contributed by atoms with Crippen LogP contribution in [0.15, 0.2) is 36.4 Å². The molecule has 2 aromatic heterocycles. The number of halogens is 1. The van der Waals surface area contributed by atoms with Crippen molar-refractivity contribution in [2.75, 3.05) is 0 Å². The molecule has 90 valence electrons. The minimum atomic E-state index is 0.707. The molecule has 0 radical (unpaired) electrons. The van der Waals surface area contributed by atoms with Gasteiger partial charge in [0.1, 0.15) is 0 Å². The van der Waals surface area contributed by atoms with Gasteiger partial charge in [-0.05, 0) is 32.0 Å². The Kier molecular flexibility index (Phi) is 2.56. The van der Waals surface area contributed by atoms with Crippen molar-refractivity contribution >= 4 is 17.2 Å². The van der Waals surface area contributed by atoms with Crippen LogP contribution in [-0.2, 0) is 0 Å². The first-order valence-corrected chi connectivity index (χ1v) is 6.12. The third-order valence-electron chi connectivity index (χ3n) is 3.09. The van der Waals surface area contributed by atoms with E-state index in [4.69, 9.17) is 11.6 Å². The van der Waals surface area contributed by atoms with Crippen molar-refractivity contribution in [1.29, 1.82) is 0 Å². The molecule has 0 spiro atoms. The lowest BCUT2D eigenvalue weighted by Crippen LogP contribution is -1.96. The molecule has 0 atom stereocenters. The molecular formula is C14H12ClN3. The summed E-state index contributed by atoms with van der Waals surface area (Å²) in [4.78, 5) is 4.44. The van der Waals surface area contributed by atoms with Gasteiger partial charge in [-0.1, -0.05) is 29.8 Å². The third kappa shape index (κ3) is 1.68. The van der Waals surface area contributed by atoms with Crippen LogP contribution in [0.2, 0.25) is 5.02 Å². The lowest BCUT2D eigenvalue weighted by molar-refractivity contribution is 0.901. The topological polar surface area (TPSA) is 30.2 Å². The maximum absolute atomic E-state index is 6.19. The normalized spacial score (nSPS) is 11.1. The van der Waals surface area contributed by atoms with Crippen molar-refractivity contribution in [3.05, 3.63) is 52.8 Å². The summed E-state index contributed by atoms with van der Waals surface area (Å²) in [5, 5.41) is 5.30. The highest BCUT2D eigenvalue weighted by atomic mass is 35.5. The number of imidazole rings is 1. The summed E-state index contributed by atoms with van der Waals surface area (Å²) in [5.74, 6) is 0. The third-order valence-corrected chi connectivity index (χ3v) is 3.42. The smallest absolute Gasteiger partial charge is 0.154 e. The zero-order valence-electron chi connectivity index (χ0n) is 10.2. The van der Waals surface area contributed by atoms with Crippen molar-refractivity contribution in [3.63, 3.8) is 0 Å². The van der Waals surface area contributed by atoms with Gasteiger partial charge < -0.3 is 0 Å². The fraction of sp³-hybridized carbons (Fsp3) is 0.143. The molecule has 0 aliphatic rings. The lowest BCUT2D eigenvalue weighted by atomic mass is 10.1. The summed E-state index contributed by atoms with van der Waals surface area (Å²) < 4.78 is 1.86. The first-order valence-electron chi connectivity index (χ1n) is 5.75. The molecule has 0 saturated carbocycles. The van der Waals surface area contributed by atoms with Gasteiger partial charge in [0.05, 0.1) is 22.1 Å². The van der Waals surface area contributed by atoms with Gasteiger partial charge in [0.25, 0.3) is 0 Å². The van der Waals surface area contributed by atoms with E-state index in [-0.39, 0.29) is 0 Å². The SMILES string of the molecule is Cc1nc2ccc(-c3ccccc3Cl)nn2c1C. The van der Waals surface area contributed by atoms with Crippen molar-refractivity contribution in [3.8, 4) is 11.3 Å². The molecule has 4 heteroatoms. The Labute approximate surface area is 110 Å². The summed E-state index contributed by atoms with van der Waals surface area (Å²) >= 11 is 6.19. The first kappa shape index (κ1) is 11.2. The van der Waals surface area contributed by atoms with E-state index in [9.17, 15) is 0 Å². The molecule has 2 heterocycles. The largest absolute Gasteiger partial charge is 0.232 e. The molecule has 0 N–H and O–H groups in total. The van der Waals surface area contributed by atoms with Crippen molar-refractivity contribution < 1.29 is 0 Å². The van der Waals surface area contributed by atoms with Gasteiger partial charge in [-0.3, -0.25) is 0 Å². The van der Waals surface area contributed by atoms with Gasteiger partial charge in [-0.2, -0.15) is 5.10 Å². The molecule has 0 aliphatic heterocycles. The van der Waals surface area contributed by atoms with Crippen LogP contribution in [0.25, 0.3) is 16.9 Å². The molecule has 18 heavy (non-hydrogen) atoms. The number of benzene rings is 1. The molecule has 3 nitrogen and oxygen atoms in total. The number of nitrogens with zero attached hydrogens (tertiary/aromatic N) is 3. The molecule has 3 rings (SSSR count). The summed E-state index contributed by atoms with van der Waals surface area (Å²) in [6.07, 6.45) is 0. The molecule has 0 unspecified atom stereocenters. The van der Waals surface area contributed by atoms with Gasteiger partial charge in [0.2, 0.25) is 0 Å². The van der Waals surface area contributed by atoms with E-state index >= 15 is 0 Å². The molecule has 0 bridgehead atoms. The predicted molar refractivity (Wildman–Crippen MR) is 72.9 cm³/mol. The minimum Gasteiger partial charge on any atom is -0.232 e. The molecule has 3 aromatic rings. The number of rotatable bonds is 1. The quantitative estimate of drug-likeness (QED) is 0.666. The van der Waals surface area contributed by atoms with Gasteiger partial charge in [-0.15, -0.1) is 0 Å². The Balaban J connectivity index is 2.25. The Morgan fingerprint density at radius 3 is 2.61 bits per heavy atom. The van der Waals surface area contributed by atoms with E-state index < -0.39 is 0 Å². The molecule has 0 aliphatic carbocycles. The van der Waals surface area contributed by atoms with Crippen LogP contribution in [0.3, 0.4) is 0 Å².